The normalized spacial score (nSPS) is 12.4. The van der Waals surface area contributed by atoms with Crippen LogP contribution < -0.4 is 11.1 Å². The quantitative estimate of drug-likeness (QED) is 0.419. The summed E-state index contributed by atoms with van der Waals surface area (Å²) in [4.78, 5) is 34.7. The maximum atomic E-state index is 11.9. The van der Waals surface area contributed by atoms with E-state index < -0.39 is 29.7 Å². The van der Waals surface area contributed by atoms with E-state index in [9.17, 15) is 14.4 Å². The average Bonchev–Trinajstić information content (AvgIpc) is 2.35. The van der Waals surface area contributed by atoms with Crippen LogP contribution in [0.1, 0.15) is 53.4 Å². The third-order valence-electron chi connectivity index (χ3n) is 2.43. The van der Waals surface area contributed by atoms with Crippen LogP contribution >= 0.6 is 0 Å². The molecule has 0 spiro atoms. The summed E-state index contributed by atoms with van der Waals surface area (Å²) in [5, 5.41) is 2.43. The summed E-state index contributed by atoms with van der Waals surface area (Å²) in [6.45, 7) is 7.22. The molecule has 0 aromatic rings. The monoisotopic (exact) mass is 302 g/mol. The van der Waals surface area contributed by atoms with Gasteiger partial charge in [0.25, 0.3) is 0 Å². The lowest BCUT2D eigenvalue weighted by Crippen LogP contribution is -2.44. The van der Waals surface area contributed by atoms with Crippen LogP contribution in [0.25, 0.3) is 0 Å². The zero-order chi connectivity index (χ0) is 16.5. The third-order valence-corrected chi connectivity index (χ3v) is 2.43. The van der Waals surface area contributed by atoms with Gasteiger partial charge in [-0.05, 0) is 46.6 Å². The molecule has 0 radical (unpaired) electrons. The van der Waals surface area contributed by atoms with E-state index in [1.54, 1.807) is 27.7 Å². The summed E-state index contributed by atoms with van der Waals surface area (Å²) in [5.74, 6) is -1.40. The minimum Gasteiger partial charge on any atom is -0.444 e. The van der Waals surface area contributed by atoms with Crippen molar-refractivity contribution in [2.45, 2.75) is 65.0 Å². The zero-order valence-electron chi connectivity index (χ0n) is 13.2. The Morgan fingerprint density at radius 3 is 2.29 bits per heavy atom. The highest BCUT2D eigenvalue weighted by Crippen LogP contribution is 2.09. The second-order valence-corrected chi connectivity index (χ2v) is 5.63. The molecule has 21 heavy (non-hydrogen) atoms. The van der Waals surface area contributed by atoms with E-state index in [0.717, 1.165) is 0 Å². The number of nitrogens with two attached hydrogens (primary N) is 1. The molecule has 0 saturated heterocycles. The van der Waals surface area contributed by atoms with Crippen LogP contribution in [0.15, 0.2) is 0 Å². The van der Waals surface area contributed by atoms with Gasteiger partial charge in [-0.2, -0.15) is 0 Å². The van der Waals surface area contributed by atoms with Crippen molar-refractivity contribution in [2.24, 2.45) is 5.73 Å². The van der Waals surface area contributed by atoms with Gasteiger partial charge < -0.3 is 20.5 Å². The summed E-state index contributed by atoms with van der Waals surface area (Å²) in [7, 11) is 0. The molecule has 0 rings (SSSR count). The first-order valence-electron chi connectivity index (χ1n) is 7.13. The fraction of sp³-hybridized carbons (Fsp3) is 0.786. The smallest absolute Gasteiger partial charge is 0.408 e. The lowest BCUT2D eigenvalue weighted by atomic mass is 10.1. The van der Waals surface area contributed by atoms with E-state index in [4.69, 9.17) is 10.5 Å². The van der Waals surface area contributed by atoms with Gasteiger partial charge in [0, 0.05) is 6.42 Å². The largest absolute Gasteiger partial charge is 0.444 e. The predicted molar refractivity (Wildman–Crippen MR) is 77.5 cm³/mol. The van der Waals surface area contributed by atoms with E-state index >= 15 is 0 Å². The summed E-state index contributed by atoms with van der Waals surface area (Å²) < 4.78 is 9.73. The topological polar surface area (TPSA) is 108 Å². The summed E-state index contributed by atoms with van der Waals surface area (Å²) in [6, 6.07) is -0.915. The van der Waals surface area contributed by atoms with E-state index in [0.29, 0.717) is 25.8 Å². The fourth-order valence-electron chi connectivity index (χ4n) is 1.45. The number of carbonyl (C=O) groups is 3. The van der Waals surface area contributed by atoms with E-state index in [2.05, 4.69) is 10.1 Å². The fourth-order valence-corrected chi connectivity index (χ4v) is 1.45. The van der Waals surface area contributed by atoms with Gasteiger partial charge in [0.15, 0.2) is 0 Å². The van der Waals surface area contributed by atoms with Crippen LogP contribution in [0, 0.1) is 0 Å². The molecule has 0 aromatic heterocycles. The lowest BCUT2D eigenvalue weighted by molar-refractivity contribution is -0.161. The molecule has 0 aliphatic rings. The maximum absolute atomic E-state index is 11.9. The van der Waals surface area contributed by atoms with Gasteiger partial charge in [-0.1, -0.05) is 6.92 Å². The number of carbonyl (C=O) groups excluding carboxylic acids is 3. The van der Waals surface area contributed by atoms with Crippen molar-refractivity contribution in [1.82, 2.24) is 5.32 Å². The first-order chi connectivity index (χ1) is 9.69. The molecule has 3 N–H and O–H groups in total. The molecule has 0 aliphatic heterocycles. The van der Waals surface area contributed by atoms with Gasteiger partial charge in [0.05, 0.1) is 0 Å². The van der Waals surface area contributed by atoms with E-state index in [1.165, 1.54) is 0 Å². The molecule has 1 atom stereocenters. The molecular weight excluding hydrogens is 276 g/mol. The Hall–Kier alpha value is -1.63. The van der Waals surface area contributed by atoms with Crippen molar-refractivity contribution >= 4 is 18.0 Å². The number of hydrogen-bond acceptors (Lipinski definition) is 6. The van der Waals surface area contributed by atoms with Crippen molar-refractivity contribution in [3.05, 3.63) is 0 Å². The van der Waals surface area contributed by atoms with Crippen molar-refractivity contribution in [3.8, 4) is 0 Å². The number of alkyl carbamates (subject to hydrolysis) is 1. The molecular formula is C14H26N2O5. The molecule has 0 bridgehead atoms. The number of rotatable bonds is 7. The highest BCUT2D eigenvalue weighted by atomic mass is 16.6. The molecule has 0 heterocycles. The Kier molecular flexibility index (Phi) is 8.61. The number of hydrogen-bond donors (Lipinski definition) is 2. The van der Waals surface area contributed by atoms with Crippen molar-refractivity contribution < 1.29 is 23.9 Å². The minimum atomic E-state index is -0.915. The second-order valence-electron chi connectivity index (χ2n) is 5.63. The zero-order valence-corrected chi connectivity index (χ0v) is 13.2. The number of ether oxygens (including phenoxy) is 2. The highest BCUT2D eigenvalue weighted by Gasteiger charge is 2.26. The van der Waals surface area contributed by atoms with Gasteiger partial charge in [-0.3, -0.25) is 4.79 Å². The van der Waals surface area contributed by atoms with Crippen LogP contribution in [-0.4, -0.2) is 36.2 Å². The first kappa shape index (κ1) is 19.4. The standard InChI is InChI=1S/C14H26N2O5/c1-5-11(17)20-12(18)10(8-6-7-9-15)16-13(19)21-14(2,3)4/h10H,5-9,15H2,1-4H3,(H,16,19)/t10-/m0/s1. The van der Waals surface area contributed by atoms with Crippen LogP contribution in [0.5, 0.6) is 0 Å². The van der Waals surface area contributed by atoms with Gasteiger partial charge in [0.1, 0.15) is 11.6 Å². The van der Waals surface area contributed by atoms with Crippen LogP contribution in [0.2, 0.25) is 0 Å². The second kappa shape index (κ2) is 9.33. The summed E-state index contributed by atoms with van der Waals surface area (Å²) in [5.41, 5.74) is 4.72. The number of esters is 2. The Labute approximate surface area is 125 Å². The van der Waals surface area contributed by atoms with Gasteiger partial charge in [-0.25, -0.2) is 9.59 Å². The van der Waals surface area contributed by atoms with E-state index in [-0.39, 0.29) is 6.42 Å². The molecule has 7 nitrogen and oxygen atoms in total. The predicted octanol–water partition coefficient (Wildman–Crippen LogP) is 1.49. The number of unbranched alkanes of at least 4 members (excludes halogenated alkanes) is 1. The lowest BCUT2D eigenvalue weighted by Gasteiger charge is -2.22. The molecule has 0 saturated carbocycles. The minimum absolute atomic E-state index is 0.0910. The van der Waals surface area contributed by atoms with Crippen molar-refractivity contribution in [1.29, 1.82) is 0 Å². The molecule has 0 unspecified atom stereocenters. The highest BCUT2D eigenvalue weighted by molar-refractivity contribution is 5.90. The molecule has 7 heteroatoms. The van der Waals surface area contributed by atoms with Gasteiger partial charge in [-0.15, -0.1) is 0 Å². The Balaban J connectivity index is 4.61. The summed E-state index contributed by atoms with van der Waals surface area (Å²) >= 11 is 0. The van der Waals surface area contributed by atoms with Crippen LogP contribution in [0.3, 0.4) is 0 Å². The Morgan fingerprint density at radius 1 is 1.19 bits per heavy atom. The van der Waals surface area contributed by atoms with Crippen LogP contribution in [0.4, 0.5) is 4.79 Å². The maximum Gasteiger partial charge on any atom is 0.408 e. The Morgan fingerprint density at radius 2 is 1.81 bits per heavy atom. The van der Waals surface area contributed by atoms with E-state index in [1.807, 2.05) is 0 Å². The molecule has 0 fully saturated rings. The molecule has 0 aromatic carbocycles. The van der Waals surface area contributed by atoms with Crippen LogP contribution in [-0.2, 0) is 19.1 Å². The Bertz CT molecular complexity index is 363. The van der Waals surface area contributed by atoms with Gasteiger partial charge in [0.2, 0.25) is 0 Å². The van der Waals surface area contributed by atoms with Crippen molar-refractivity contribution in [2.75, 3.05) is 6.54 Å². The molecule has 122 valence electrons. The van der Waals surface area contributed by atoms with Crippen molar-refractivity contribution in [3.63, 3.8) is 0 Å². The SMILES string of the molecule is CCC(=O)OC(=O)[C@H](CCCCN)NC(=O)OC(C)(C)C. The summed E-state index contributed by atoms with van der Waals surface area (Å²) in [6.07, 6.45) is 1.05. The first-order valence-corrected chi connectivity index (χ1v) is 7.13. The molecule has 0 aliphatic carbocycles. The number of nitrogens with one attached hydrogen (secondary N) is 1. The number of amides is 1. The average molecular weight is 302 g/mol. The van der Waals surface area contributed by atoms with Gasteiger partial charge >= 0.3 is 18.0 Å². The third kappa shape index (κ3) is 9.84. The molecule has 1 amide bonds.